The topological polar surface area (TPSA) is 124 Å². The molecule has 1 atom stereocenters. The fourth-order valence-corrected chi connectivity index (χ4v) is 2.48. The second kappa shape index (κ2) is 5.34. The predicted octanol–water partition coefficient (Wildman–Crippen LogP) is -0.251. The van der Waals surface area contributed by atoms with Gasteiger partial charge in [0.15, 0.2) is 0 Å². The van der Waals surface area contributed by atoms with E-state index in [-0.39, 0.29) is 11.5 Å². The Morgan fingerprint density at radius 2 is 2.06 bits per heavy atom. The highest BCUT2D eigenvalue weighted by atomic mass is 32.2. The van der Waals surface area contributed by atoms with Crippen LogP contribution in [0.25, 0.3) is 0 Å². The number of benzene rings is 1. The maximum absolute atomic E-state index is 11.8. The SMILES string of the molecule is C[C@@H](CO)NS(=O)(=O)c1ccc(O)c(C(=O)O)c1. The molecule has 0 heterocycles. The number of aromatic hydroxyl groups is 1. The van der Waals surface area contributed by atoms with Gasteiger partial charge in [-0.15, -0.1) is 0 Å². The molecule has 1 rings (SSSR count). The van der Waals surface area contributed by atoms with Crippen LogP contribution in [-0.4, -0.2) is 42.4 Å². The van der Waals surface area contributed by atoms with Crippen molar-refractivity contribution in [2.24, 2.45) is 0 Å². The quantitative estimate of drug-likeness (QED) is 0.587. The minimum Gasteiger partial charge on any atom is -0.507 e. The molecular formula is C10H13NO6S. The van der Waals surface area contributed by atoms with Gasteiger partial charge >= 0.3 is 5.97 Å². The van der Waals surface area contributed by atoms with Gasteiger partial charge in [0.1, 0.15) is 11.3 Å². The van der Waals surface area contributed by atoms with Crippen molar-refractivity contribution in [1.82, 2.24) is 4.72 Å². The molecule has 0 amide bonds. The Morgan fingerprint density at radius 1 is 1.44 bits per heavy atom. The molecule has 0 aliphatic heterocycles. The summed E-state index contributed by atoms with van der Waals surface area (Å²) in [6.45, 7) is 1.07. The Labute approximate surface area is 104 Å². The minimum absolute atomic E-state index is 0.294. The third-order valence-corrected chi connectivity index (χ3v) is 3.73. The first-order valence-electron chi connectivity index (χ1n) is 4.97. The zero-order valence-electron chi connectivity index (χ0n) is 9.49. The molecule has 0 aromatic heterocycles. The van der Waals surface area contributed by atoms with Crippen molar-refractivity contribution in [3.05, 3.63) is 23.8 Å². The maximum atomic E-state index is 11.8. The van der Waals surface area contributed by atoms with E-state index < -0.39 is 33.3 Å². The zero-order chi connectivity index (χ0) is 13.9. The molecule has 0 aliphatic carbocycles. The van der Waals surface area contributed by atoms with Crippen molar-refractivity contribution in [2.75, 3.05) is 6.61 Å². The lowest BCUT2D eigenvalue weighted by atomic mass is 10.2. The highest BCUT2D eigenvalue weighted by Crippen LogP contribution is 2.21. The van der Waals surface area contributed by atoms with Gasteiger partial charge in [-0.2, -0.15) is 0 Å². The van der Waals surface area contributed by atoms with E-state index in [1.807, 2.05) is 0 Å². The summed E-state index contributed by atoms with van der Waals surface area (Å²) in [4.78, 5) is 10.5. The van der Waals surface area contributed by atoms with Gasteiger partial charge in [0.2, 0.25) is 10.0 Å². The van der Waals surface area contributed by atoms with Gasteiger partial charge in [0.05, 0.1) is 11.5 Å². The fraction of sp³-hybridized carbons (Fsp3) is 0.300. The first-order valence-corrected chi connectivity index (χ1v) is 6.45. The number of nitrogens with one attached hydrogen (secondary N) is 1. The zero-order valence-corrected chi connectivity index (χ0v) is 10.3. The van der Waals surface area contributed by atoms with Crippen molar-refractivity contribution in [3.8, 4) is 5.75 Å². The van der Waals surface area contributed by atoms with E-state index in [4.69, 9.17) is 10.2 Å². The maximum Gasteiger partial charge on any atom is 0.339 e. The highest BCUT2D eigenvalue weighted by Gasteiger charge is 2.20. The van der Waals surface area contributed by atoms with Crippen LogP contribution in [0.5, 0.6) is 5.75 Å². The molecule has 0 saturated heterocycles. The van der Waals surface area contributed by atoms with E-state index in [2.05, 4.69) is 4.72 Å². The van der Waals surface area contributed by atoms with Gasteiger partial charge in [-0.1, -0.05) is 0 Å². The third-order valence-electron chi connectivity index (χ3n) is 2.14. The van der Waals surface area contributed by atoms with Crippen molar-refractivity contribution in [3.63, 3.8) is 0 Å². The van der Waals surface area contributed by atoms with Crippen LogP contribution in [0.1, 0.15) is 17.3 Å². The van der Waals surface area contributed by atoms with E-state index in [0.29, 0.717) is 0 Å². The van der Waals surface area contributed by atoms with Crippen molar-refractivity contribution in [1.29, 1.82) is 0 Å². The van der Waals surface area contributed by atoms with Crippen LogP contribution >= 0.6 is 0 Å². The van der Waals surface area contributed by atoms with Gasteiger partial charge in [-0.3, -0.25) is 0 Å². The summed E-state index contributed by atoms with van der Waals surface area (Å²) in [7, 11) is -3.93. The molecule has 8 heteroatoms. The Hall–Kier alpha value is -1.64. The molecule has 7 nitrogen and oxygen atoms in total. The van der Waals surface area contributed by atoms with Gasteiger partial charge in [0, 0.05) is 6.04 Å². The van der Waals surface area contributed by atoms with E-state index in [0.717, 1.165) is 18.2 Å². The van der Waals surface area contributed by atoms with Crippen LogP contribution in [0.15, 0.2) is 23.1 Å². The summed E-state index contributed by atoms with van der Waals surface area (Å²) >= 11 is 0. The van der Waals surface area contributed by atoms with Crippen molar-refractivity contribution in [2.45, 2.75) is 17.9 Å². The van der Waals surface area contributed by atoms with Gasteiger partial charge in [0.25, 0.3) is 0 Å². The van der Waals surface area contributed by atoms with Crippen LogP contribution in [0.4, 0.5) is 0 Å². The van der Waals surface area contributed by atoms with E-state index in [1.54, 1.807) is 0 Å². The van der Waals surface area contributed by atoms with E-state index in [9.17, 15) is 18.3 Å². The number of phenols is 1. The monoisotopic (exact) mass is 275 g/mol. The number of hydrogen-bond donors (Lipinski definition) is 4. The summed E-state index contributed by atoms with van der Waals surface area (Å²) < 4.78 is 25.7. The molecule has 0 radical (unpaired) electrons. The summed E-state index contributed by atoms with van der Waals surface area (Å²) in [5, 5.41) is 26.8. The number of carboxylic acids is 1. The molecule has 0 bridgehead atoms. The predicted molar refractivity (Wildman–Crippen MR) is 61.9 cm³/mol. The molecule has 0 fully saturated rings. The lowest BCUT2D eigenvalue weighted by molar-refractivity contribution is 0.0693. The molecule has 100 valence electrons. The van der Waals surface area contributed by atoms with Crippen LogP contribution in [0.2, 0.25) is 0 Å². The molecule has 0 aliphatic rings. The third kappa shape index (κ3) is 3.19. The van der Waals surface area contributed by atoms with Gasteiger partial charge < -0.3 is 15.3 Å². The molecule has 18 heavy (non-hydrogen) atoms. The Bertz CT molecular complexity index is 553. The number of aliphatic hydroxyl groups excluding tert-OH is 1. The van der Waals surface area contributed by atoms with Crippen LogP contribution in [-0.2, 0) is 10.0 Å². The van der Waals surface area contributed by atoms with E-state index >= 15 is 0 Å². The first-order chi connectivity index (χ1) is 8.27. The number of rotatable bonds is 5. The molecule has 0 saturated carbocycles. The van der Waals surface area contributed by atoms with E-state index in [1.165, 1.54) is 6.92 Å². The Morgan fingerprint density at radius 3 is 2.56 bits per heavy atom. The summed E-state index contributed by atoms with van der Waals surface area (Å²) in [6, 6.07) is 2.22. The summed E-state index contributed by atoms with van der Waals surface area (Å²) in [5.74, 6) is -1.95. The standard InChI is InChI=1S/C10H13NO6S/c1-6(5-12)11-18(16,17)7-2-3-9(13)8(4-7)10(14)15/h2-4,6,11-13H,5H2,1H3,(H,14,15)/t6-/m0/s1. The van der Waals surface area contributed by atoms with Crippen LogP contribution in [0, 0.1) is 0 Å². The van der Waals surface area contributed by atoms with Gasteiger partial charge in [-0.05, 0) is 25.1 Å². The largest absolute Gasteiger partial charge is 0.507 e. The average molecular weight is 275 g/mol. The number of carboxylic acid groups (broad SMARTS) is 1. The lowest BCUT2D eigenvalue weighted by Gasteiger charge is -2.12. The first kappa shape index (κ1) is 14.4. The molecule has 0 unspecified atom stereocenters. The number of sulfonamides is 1. The minimum atomic E-state index is -3.93. The molecule has 0 spiro atoms. The Balaban J connectivity index is 3.18. The average Bonchev–Trinajstić information content (AvgIpc) is 2.28. The van der Waals surface area contributed by atoms with Crippen molar-refractivity contribution < 1.29 is 28.5 Å². The number of aromatic carboxylic acids is 1. The summed E-state index contributed by atoms with van der Waals surface area (Å²) in [5.41, 5.74) is -0.505. The van der Waals surface area contributed by atoms with Crippen LogP contribution in [0.3, 0.4) is 0 Å². The second-order valence-electron chi connectivity index (χ2n) is 3.69. The molecule has 1 aromatic carbocycles. The number of hydrogen-bond acceptors (Lipinski definition) is 5. The summed E-state index contributed by atoms with van der Waals surface area (Å²) in [6.07, 6.45) is 0. The number of aliphatic hydroxyl groups is 1. The highest BCUT2D eigenvalue weighted by molar-refractivity contribution is 7.89. The molecular weight excluding hydrogens is 262 g/mol. The van der Waals surface area contributed by atoms with Crippen molar-refractivity contribution >= 4 is 16.0 Å². The second-order valence-corrected chi connectivity index (χ2v) is 5.40. The number of carbonyl (C=O) groups is 1. The normalized spacial score (nSPS) is 13.2. The lowest BCUT2D eigenvalue weighted by Crippen LogP contribution is -2.35. The fourth-order valence-electron chi connectivity index (χ4n) is 1.22. The van der Waals surface area contributed by atoms with Crippen LogP contribution < -0.4 is 4.72 Å². The van der Waals surface area contributed by atoms with Gasteiger partial charge in [-0.25, -0.2) is 17.9 Å². The Kier molecular flexibility index (Phi) is 4.28. The smallest absolute Gasteiger partial charge is 0.339 e. The molecule has 4 N–H and O–H groups in total. The molecule has 1 aromatic rings.